The monoisotopic (exact) mass is 381 g/mol. The third-order valence-electron chi connectivity index (χ3n) is 3.77. The lowest BCUT2D eigenvalue weighted by molar-refractivity contribution is 0.174. The largest absolute Gasteiger partial charge is 0.454 e. The summed E-state index contributed by atoms with van der Waals surface area (Å²) in [5.41, 5.74) is 2.85. The molecule has 26 heavy (non-hydrogen) atoms. The second-order valence-electron chi connectivity index (χ2n) is 5.40. The van der Waals surface area contributed by atoms with Crippen LogP contribution in [0.1, 0.15) is 5.01 Å². The van der Waals surface area contributed by atoms with Gasteiger partial charge in [0.05, 0.1) is 16.4 Å². The zero-order chi connectivity index (χ0) is 17.9. The summed E-state index contributed by atoms with van der Waals surface area (Å²) < 4.78 is 10.7. The van der Waals surface area contributed by atoms with Crippen molar-refractivity contribution in [3.05, 3.63) is 64.1 Å². The number of fused-ring (bicyclic) bond motifs is 1. The van der Waals surface area contributed by atoms with Gasteiger partial charge in [-0.3, -0.25) is 0 Å². The Bertz CT molecular complexity index is 1040. The Labute approximate surface area is 159 Å². The molecule has 0 spiro atoms. The van der Waals surface area contributed by atoms with Crippen LogP contribution in [0, 0.1) is 11.3 Å². The molecular weight excluding hydrogens is 370 g/mol. The van der Waals surface area contributed by atoms with Crippen LogP contribution in [0.2, 0.25) is 5.02 Å². The zero-order valence-electron chi connectivity index (χ0n) is 13.4. The van der Waals surface area contributed by atoms with E-state index >= 15 is 0 Å². The molecule has 0 atom stereocenters. The summed E-state index contributed by atoms with van der Waals surface area (Å²) in [6.07, 6.45) is 1.61. The Morgan fingerprint density at radius 1 is 1.23 bits per heavy atom. The minimum atomic E-state index is 0.232. The number of nitrogens with one attached hydrogen (secondary N) is 1. The quantitative estimate of drug-likeness (QED) is 0.631. The number of anilines is 1. The van der Waals surface area contributed by atoms with Gasteiger partial charge >= 0.3 is 0 Å². The molecule has 128 valence electrons. The molecule has 0 fully saturated rings. The van der Waals surface area contributed by atoms with E-state index in [4.69, 9.17) is 21.1 Å². The van der Waals surface area contributed by atoms with Crippen LogP contribution in [0.5, 0.6) is 11.5 Å². The summed E-state index contributed by atoms with van der Waals surface area (Å²) in [6.45, 7) is 0.232. The number of para-hydroxylation sites is 1. The van der Waals surface area contributed by atoms with E-state index in [9.17, 15) is 5.26 Å². The second-order valence-corrected chi connectivity index (χ2v) is 6.67. The van der Waals surface area contributed by atoms with Gasteiger partial charge in [0.2, 0.25) is 6.79 Å². The van der Waals surface area contributed by atoms with Crippen molar-refractivity contribution in [1.82, 2.24) is 4.98 Å². The van der Waals surface area contributed by atoms with Crippen molar-refractivity contribution in [3.63, 3.8) is 0 Å². The van der Waals surface area contributed by atoms with Gasteiger partial charge in [-0.05, 0) is 30.3 Å². The first-order valence-corrected chi connectivity index (χ1v) is 8.97. The van der Waals surface area contributed by atoms with Crippen molar-refractivity contribution < 1.29 is 9.47 Å². The van der Waals surface area contributed by atoms with Gasteiger partial charge in [0.25, 0.3) is 0 Å². The van der Waals surface area contributed by atoms with Crippen molar-refractivity contribution in [1.29, 1.82) is 5.26 Å². The minimum absolute atomic E-state index is 0.232. The van der Waals surface area contributed by atoms with E-state index in [1.54, 1.807) is 12.3 Å². The minimum Gasteiger partial charge on any atom is -0.454 e. The van der Waals surface area contributed by atoms with E-state index in [0.29, 0.717) is 21.4 Å². The molecule has 4 rings (SSSR count). The van der Waals surface area contributed by atoms with Gasteiger partial charge in [-0.15, -0.1) is 11.3 Å². The molecule has 1 aliphatic rings. The van der Waals surface area contributed by atoms with E-state index in [1.165, 1.54) is 11.3 Å². The van der Waals surface area contributed by atoms with E-state index < -0.39 is 0 Å². The molecular formula is C19H12ClN3O2S. The number of nitriles is 1. The Kier molecular flexibility index (Phi) is 4.48. The highest BCUT2D eigenvalue weighted by molar-refractivity contribution is 7.11. The molecule has 0 radical (unpaired) electrons. The number of benzene rings is 2. The van der Waals surface area contributed by atoms with Crippen LogP contribution in [-0.4, -0.2) is 11.8 Å². The predicted octanol–water partition coefficient (Wildman–Crippen LogP) is 5.17. The van der Waals surface area contributed by atoms with E-state index in [2.05, 4.69) is 16.4 Å². The molecule has 5 nitrogen and oxygen atoms in total. The molecule has 0 bridgehead atoms. The number of nitrogens with zero attached hydrogens (tertiary/aromatic N) is 2. The lowest BCUT2D eigenvalue weighted by Gasteiger charge is -2.03. The fourth-order valence-corrected chi connectivity index (χ4v) is 3.44. The van der Waals surface area contributed by atoms with Gasteiger partial charge in [-0.1, -0.05) is 23.7 Å². The van der Waals surface area contributed by atoms with E-state index in [-0.39, 0.29) is 6.79 Å². The molecule has 1 aromatic heterocycles. The van der Waals surface area contributed by atoms with Crippen LogP contribution in [0.3, 0.4) is 0 Å². The second kappa shape index (κ2) is 7.08. The van der Waals surface area contributed by atoms with Crippen LogP contribution < -0.4 is 14.8 Å². The Morgan fingerprint density at radius 3 is 2.92 bits per heavy atom. The molecule has 0 aliphatic carbocycles. The molecule has 2 aromatic carbocycles. The number of hydrogen-bond donors (Lipinski definition) is 1. The molecule has 0 saturated heterocycles. The summed E-state index contributed by atoms with van der Waals surface area (Å²) in [7, 11) is 0. The summed E-state index contributed by atoms with van der Waals surface area (Å²) >= 11 is 7.52. The maximum atomic E-state index is 9.47. The van der Waals surface area contributed by atoms with Crippen LogP contribution in [0.15, 0.2) is 54.0 Å². The first-order chi connectivity index (χ1) is 12.7. The number of thiazole rings is 1. The predicted molar refractivity (Wildman–Crippen MR) is 102 cm³/mol. The highest BCUT2D eigenvalue weighted by Gasteiger charge is 2.16. The highest BCUT2D eigenvalue weighted by atomic mass is 35.5. The van der Waals surface area contributed by atoms with Gasteiger partial charge in [-0.2, -0.15) is 5.26 Å². The third kappa shape index (κ3) is 3.23. The van der Waals surface area contributed by atoms with Crippen molar-refractivity contribution in [2.45, 2.75) is 0 Å². The van der Waals surface area contributed by atoms with Crippen molar-refractivity contribution in [2.75, 3.05) is 12.1 Å². The first kappa shape index (κ1) is 16.5. The lowest BCUT2D eigenvalue weighted by Crippen LogP contribution is -1.92. The molecule has 0 saturated carbocycles. The molecule has 7 heteroatoms. The lowest BCUT2D eigenvalue weighted by atomic mass is 10.1. The van der Waals surface area contributed by atoms with Crippen LogP contribution in [-0.2, 0) is 0 Å². The summed E-state index contributed by atoms with van der Waals surface area (Å²) in [5.74, 6) is 1.43. The molecule has 0 unspecified atom stereocenters. The maximum absolute atomic E-state index is 9.47. The van der Waals surface area contributed by atoms with Gasteiger partial charge in [0.15, 0.2) is 11.5 Å². The average Bonchev–Trinajstić information content (AvgIpc) is 3.32. The highest BCUT2D eigenvalue weighted by Crippen LogP contribution is 2.36. The van der Waals surface area contributed by atoms with Crippen molar-refractivity contribution in [3.8, 4) is 28.8 Å². The van der Waals surface area contributed by atoms with Crippen molar-refractivity contribution >= 4 is 34.2 Å². The number of hydrogen-bond acceptors (Lipinski definition) is 6. The zero-order valence-corrected chi connectivity index (χ0v) is 15.0. The molecule has 2 heterocycles. The van der Waals surface area contributed by atoms with Gasteiger partial charge in [0, 0.05) is 17.1 Å². The number of aromatic nitrogens is 1. The van der Waals surface area contributed by atoms with E-state index in [0.717, 1.165) is 22.7 Å². The third-order valence-corrected chi connectivity index (χ3v) is 4.97. The summed E-state index contributed by atoms with van der Waals surface area (Å²) in [4.78, 5) is 4.57. The molecule has 1 aliphatic heterocycles. The topological polar surface area (TPSA) is 67.2 Å². The smallest absolute Gasteiger partial charge is 0.231 e. The number of rotatable bonds is 4. The Hall–Kier alpha value is -3.01. The Balaban J connectivity index is 1.59. The standard InChI is InChI=1S/C19H12ClN3O2S/c20-14-3-1-2-4-15(14)22-9-13(8-21)19-23-16(10-26-19)12-5-6-17-18(7-12)25-11-24-17/h1-7,9-10,22H,11H2/b13-9-. The van der Waals surface area contributed by atoms with Crippen LogP contribution in [0.4, 0.5) is 5.69 Å². The normalized spacial score (nSPS) is 12.7. The number of allylic oxidation sites excluding steroid dienone is 1. The summed E-state index contributed by atoms with van der Waals surface area (Å²) in [6, 6.07) is 15.2. The fourth-order valence-electron chi connectivity index (χ4n) is 2.46. The maximum Gasteiger partial charge on any atom is 0.231 e. The average molecular weight is 382 g/mol. The summed E-state index contributed by atoms with van der Waals surface area (Å²) in [5, 5.41) is 15.7. The Morgan fingerprint density at radius 2 is 2.08 bits per heavy atom. The van der Waals surface area contributed by atoms with Crippen LogP contribution in [0.25, 0.3) is 16.8 Å². The van der Waals surface area contributed by atoms with Gasteiger partial charge in [0.1, 0.15) is 16.6 Å². The van der Waals surface area contributed by atoms with Gasteiger partial charge < -0.3 is 14.8 Å². The van der Waals surface area contributed by atoms with E-state index in [1.807, 2.05) is 41.8 Å². The molecule has 3 aromatic rings. The van der Waals surface area contributed by atoms with Crippen molar-refractivity contribution in [2.24, 2.45) is 0 Å². The van der Waals surface area contributed by atoms with Gasteiger partial charge in [-0.25, -0.2) is 4.98 Å². The fraction of sp³-hybridized carbons (Fsp3) is 0.0526. The molecule has 1 N–H and O–H groups in total. The van der Waals surface area contributed by atoms with Crippen LogP contribution >= 0.6 is 22.9 Å². The first-order valence-electron chi connectivity index (χ1n) is 7.72. The number of halogens is 1. The SMILES string of the molecule is N#C/C(=C/Nc1ccccc1Cl)c1nc(-c2ccc3c(c2)OCO3)cs1. The molecule has 0 amide bonds. The number of ether oxygens (including phenoxy) is 2.